The van der Waals surface area contributed by atoms with Crippen LogP contribution in [0.15, 0.2) is 47.6 Å². The van der Waals surface area contributed by atoms with E-state index in [1.165, 1.54) is 11.8 Å². The third kappa shape index (κ3) is 4.58. The molecule has 0 radical (unpaired) electrons. The van der Waals surface area contributed by atoms with Crippen LogP contribution in [0.5, 0.6) is 5.75 Å². The molecule has 0 aliphatic carbocycles. The molecular weight excluding hydrogens is 386 g/mol. The van der Waals surface area contributed by atoms with Crippen LogP contribution in [0.4, 0.5) is 5.69 Å². The van der Waals surface area contributed by atoms with Crippen molar-refractivity contribution in [2.45, 2.75) is 24.3 Å². The molecule has 140 valence electrons. The molecule has 1 aromatic heterocycles. The molecule has 3 aromatic rings. The van der Waals surface area contributed by atoms with Gasteiger partial charge in [-0.1, -0.05) is 29.4 Å². The fraction of sp³-hybridized carbons (Fsp3) is 0.222. The Morgan fingerprint density at radius 1 is 1.26 bits per heavy atom. The molecule has 0 aliphatic rings. The van der Waals surface area contributed by atoms with Crippen molar-refractivity contribution >= 4 is 35.0 Å². The number of halogens is 1. The molecule has 2 aromatic carbocycles. The summed E-state index contributed by atoms with van der Waals surface area (Å²) >= 11 is 7.13. The molecule has 0 aliphatic heterocycles. The van der Waals surface area contributed by atoms with Gasteiger partial charge in [-0.25, -0.2) is 0 Å². The topological polar surface area (TPSA) is 81.9 Å². The van der Waals surface area contributed by atoms with Gasteiger partial charge in [-0.05, 0) is 66.2 Å². The number of rotatable bonds is 6. The Morgan fingerprint density at radius 3 is 2.70 bits per heavy atom. The summed E-state index contributed by atoms with van der Waals surface area (Å²) in [4.78, 5) is 12.5. The first-order valence-electron chi connectivity index (χ1n) is 8.14. The van der Waals surface area contributed by atoms with E-state index >= 15 is 0 Å². The lowest BCUT2D eigenvalue weighted by Gasteiger charge is -2.13. The van der Waals surface area contributed by atoms with Crippen molar-refractivity contribution in [3.05, 3.63) is 53.1 Å². The lowest BCUT2D eigenvalue weighted by molar-refractivity contribution is -0.115. The third-order valence-corrected chi connectivity index (χ3v) is 5.05. The summed E-state index contributed by atoms with van der Waals surface area (Å²) < 4.78 is 6.98. The maximum atomic E-state index is 12.5. The number of hydrogen-bond donors (Lipinski definition) is 1. The van der Waals surface area contributed by atoms with Gasteiger partial charge in [-0.2, -0.15) is 4.68 Å². The number of ether oxygens (including phenoxy) is 1. The number of methoxy groups -OCH3 is 1. The van der Waals surface area contributed by atoms with Gasteiger partial charge in [-0.3, -0.25) is 4.79 Å². The predicted molar refractivity (Wildman–Crippen MR) is 106 cm³/mol. The van der Waals surface area contributed by atoms with Gasteiger partial charge >= 0.3 is 0 Å². The molecule has 1 unspecified atom stereocenters. The number of carbonyl (C=O) groups excluding carboxylic acids is 1. The van der Waals surface area contributed by atoms with Gasteiger partial charge in [0.05, 0.1) is 12.4 Å². The maximum absolute atomic E-state index is 12.5. The minimum absolute atomic E-state index is 0.159. The van der Waals surface area contributed by atoms with Gasteiger partial charge in [0.2, 0.25) is 11.1 Å². The van der Waals surface area contributed by atoms with Crippen molar-refractivity contribution in [2.24, 2.45) is 0 Å². The standard InChI is InChI=1S/C18H18ClN5O2S/c1-11-4-9-16(26-3)15(10-11)24-18(21-22-23-24)27-12(2)17(25)20-14-7-5-13(19)6-8-14/h4-10,12H,1-3H3,(H,20,25). The second kappa shape index (κ2) is 8.41. The van der Waals surface area contributed by atoms with E-state index < -0.39 is 5.25 Å². The van der Waals surface area contributed by atoms with Crippen LogP contribution in [0.1, 0.15) is 12.5 Å². The number of anilines is 1. The Labute approximate surface area is 166 Å². The Balaban J connectivity index is 1.77. The van der Waals surface area contributed by atoms with E-state index in [1.54, 1.807) is 43.0 Å². The third-order valence-electron chi connectivity index (χ3n) is 3.77. The summed E-state index contributed by atoms with van der Waals surface area (Å²) in [6.07, 6.45) is 0. The van der Waals surface area contributed by atoms with E-state index in [0.717, 1.165) is 11.3 Å². The first-order valence-corrected chi connectivity index (χ1v) is 9.40. The van der Waals surface area contributed by atoms with E-state index in [4.69, 9.17) is 16.3 Å². The van der Waals surface area contributed by atoms with Crippen LogP contribution in [0, 0.1) is 6.92 Å². The number of hydrogen-bond acceptors (Lipinski definition) is 6. The normalized spacial score (nSPS) is 11.9. The molecule has 3 rings (SSSR count). The lowest BCUT2D eigenvalue weighted by Crippen LogP contribution is -2.22. The Bertz CT molecular complexity index is 945. The average Bonchev–Trinajstić information content (AvgIpc) is 3.11. The zero-order valence-corrected chi connectivity index (χ0v) is 16.6. The van der Waals surface area contributed by atoms with Crippen LogP contribution < -0.4 is 10.1 Å². The molecule has 27 heavy (non-hydrogen) atoms. The molecule has 0 fully saturated rings. The number of nitrogens with zero attached hydrogens (tertiary/aromatic N) is 4. The maximum Gasteiger partial charge on any atom is 0.237 e. The highest BCUT2D eigenvalue weighted by molar-refractivity contribution is 8.00. The predicted octanol–water partition coefficient (Wildman–Crippen LogP) is 3.75. The Hall–Kier alpha value is -2.58. The van der Waals surface area contributed by atoms with Crippen LogP contribution in [0.25, 0.3) is 5.69 Å². The second-order valence-corrected chi connectivity index (χ2v) is 7.55. The first kappa shape index (κ1) is 19.2. The number of aryl methyl sites for hydroxylation is 1. The van der Waals surface area contributed by atoms with Crippen LogP contribution in [0.3, 0.4) is 0 Å². The molecule has 0 saturated heterocycles. The monoisotopic (exact) mass is 403 g/mol. The molecular formula is C18H18ClN5O2S. The van der Waals surface area contributed by atoms with Crippen molar-refractivity contribution in [1.82, 2.24) is 20.2 Å². The first-order chi connectivity index (χ1) is 13.0. The number of benzene rings is 2. The highest BCUT2D eigenvalue weighted by Crippen LogP contribution is 2.29. The quantitative estimate of drug-likeness (QED) is 0.631. The van der Waals surface area contributed by atoms with Crippen molar-refractivity contribution in [3.63, 3.8) is 0 Å². The van der Waals surface area contributed by atoms with E-state index in [-0.39, 0.29) is 5.91 Å². The Kier molecular flexibility index (Phi) is 5.98. The summed E-state index contributed by atoms with van der Waals surface area (Å²) in [5, 5.41) is 15.4. The number of aromatic nitrogens is 4. The summed E-state index contributed by atoms with van der Waals surface area (Å²) in [7, 11) is 1.59. The average molecular weight is 404 g/mol. The number of tetrazole rings is 1. The van der Waals surface area contributed by atoms with Crippen LogP contribution >= 0.6 is 23.4 Å². The van der Waals surface area contributed by atoms with Gasteiger partial charge in [0, 0.05) is 10.7 Å². The summed E-state index contributed by atoms with van der Waals surface area (Å²) in [5.41, 5.74) is 2.44. The minimum atomic E-state index is -0.416. The van der Waals surface area contributed by atoms with Gasteiger partial charge < -0.3 is 10.1 Å². The highest BCUT2D eigenvalue weighted by atomic mass is 35.5. The molecule has 1 N–H and O–H groups in total. The fourth-order valence-electron chi connectivity index (χ4n) is 2.36. The number of carbonyl (C=O) groups is 1. The SMILES string of the molecule is COc1ccc(C)cc1-n1nnnc1SC(C)C(=O)Nc1ccc(Cl)cc1. The van der Waals surface area contributed by atoms with Gasteiger partial charge in [0.15, 0.2) is 0 Å². The van der Waals surface area contributed by atoms with Gasteiger partial charge in [0.1, 0.15) is 11.4 Å². The Morgan fingerprint density at radius 2 is 2.00 bits per heavy atom. The molecule has 1 heterocycles. The molecule has 1 amide bonds. The fourth-order valence-corrected chi connectivity index (χ4v) is 3.28. The lowest BCUT2D eigenvalue weighted by atomic mass is 10.2. The molecule has 0 saturated carbocycles. The van der Waals surface area contributed by atoms with E-state index in [2.05, 4.69) is 20.8 Å². The van der Waals surface area contributed by atoms with Crippen molar-refractivity contribution < 1.29 is 9.53 Å². The van der Waals surface area contributed by atoms with E-state index in [9.17, 15) is 4.79 Å². The molecule has 1 atom stereocenters. The molecule has 0 bridgehead atoms. The summed E-state index contributed by atoms with van der Waals surface area (Å²) in [6, 6.07) is 12.7. The van der Waals surface area contributed by atoms with Crippen LogP contribution in [0.2, 0.25) is 5.02 Å². The number of nitrogens with one attached hydrogen (secondary N) is 1. The van der Waals surface area contributed by atoms with E-state index in [1.807, 2.05) is 25.1 Å². The number of thioether (sulfide) groups is 1. The van der Waals surface area contributed by atoms with Crippen LogP contribution in [-0.2, 0) is 4.79 Å². The molecule has 0 spiro atoms. The van der Waals surface area contributed by atoms with Gasteiger partial charge in [-0.15, -0.1) is 5.10 Å². The van der Waals surface area contributed by atoms with Crippen molar-refractivity contribution in [3.8, 4) is 11.4 Å². The molecule has 7 nitrogen and oxygen atoms in total. The summed E-state index contributed by atoms with van der Waals surface area (Å²) in [6.45, 7) is 3.77. The van der Waals surface area contributed by atoms with Gasteiger partial charge in [0.25, 0.3) is 0 Å². The highest BCUT2D eigenvalue weighted by Gasteiger charge is 2.21. The van der Waals surface area contributed by atoms with Crippen LogP contribution in [-0.4, -0.2) is 38.5 Å². The molecule has 9 heteroatoms. The summed E-state index contributed by atoms with van der Waals surface area (Å²) in [5.74, 6) is 0.487. The number of amides is 1. The zero-order chi connectivity index (χ0) is 19.4. The second-order valence-electron chi connectivity index (χ2n) is 5.80. The smallest absolute Gasteiger partial charge is 0.237 e. The minimum Gasteiger partial charge on any atom is -0.494 e. The largest absolute Gasteiger partial charge is 0.494 e. The van der Waals surface area contributed by atoms with Crippen molar-refractivity contribution in [1.29, 1.82) is 0 Å². The van der Waals surface area contributed by atoms with E-state index in [0.29, 0.717) is 21.6 Å². The van der Waals surface area contributed by atoms with Crippen molar-refractivity contribution in [2.75, 3.05) is 12.4 Å². The zero-order valence-electron chi connectivity index (χ0n) is 15.0.